The Labute approximate surface area is 105 Å². The standard InChI is InChI=1S/C10H17O7P/c11-10(15-6-16-18(12,13)14)17-9-5-7-1-3-8(9)4-2-7/h7-9H,1-6H2,(H2,12,13,14). The molecule has 3 saturated carbocycles. The van der Waals surface area contributed by atoms with Crippen molar-refractivity contribution >= 4 is 14.0 Å². The molecule has 104 valence electrons. The highest BCUT2D eigenvalue weighted by atomic mass is 31.2. The van der Waals surface area contributed by atoms with Crippen molar-refractivity contribution in [1.82, 2.24) is 0 Å². The summed E-state index contributed by atoms with van der Waals surface area (Å²) in [4.78, 5) is 28.1. The van der Waals surface area contributed by atoms with Gasteiger partial charge < -0.3 is 19.3 Å². The second-order valence-corrected chi connectivity index (χ2v) is 6.04. The zero-order chi connectivity index (χ0) is 13.2. The molecule has 0 spiro atoms. The molecule has 0 aromatic carbocycles. The van der Waals surface area contributed by atoms with Crippen molar-refractivity contribution in [2.45, 2.75) is 38.2 Å². The van der Waals surface area contributed by atoms with E-state index < -0.39 is 20.8 Å². The summed E-state index contributed by atoms with van der Waals surface area (Å²) in [5.41, 5.74) is 0. The maximum Gasteiger partial charge on any atom is 0.510 e. The summed E-state index contributed by atoms with van der Waals surface area (Å²) in [6.07, 6.45) is 4.34. The maximum atomic E-state index is 11.3. The van der Waals surface area contributed by atoms with E-state index in [-0.39, 0.29) is 6.10 Å². The number of ether oxygens (including phenoxy) is 2. The fourth-order valence-corrected chi connectivity index (χ4v) is 2.95. The molecule has 2 N–H and O–H groups in total. The van der Waals surface area contributed by atoms with Gasteiger partial charge in [0.15, 0.2) is 0 Å². The molecule has 3 aliphatic rings. The van der Waals surface area contributed by atoms with Gasteiger partial charge in [0.1, 0.15) is 6.10 Å². The number of carbonyl (C=O) groups excluding carboxylic acids is 1. The van der Waals surface area contributed by atoms with Gasteiger partial charge in [-0.05, 0) is 43.9 Å². The van der Waals surface area contributed by atoms with Crippen LogP contribution in [-0.2, 0) is 18.6 Å². The maximum absolute atomic E-state index is 11.3. The lowest BCUT2D eigenvalue weighted by Crippen LogP contribution is -2.38. The van der Waals surface area contributed by atoms with Gasteiger partial charge in [0.2, 0.25) is 6.79 Å². The molecule has 1 atom stereocenters. The van der Waals surface area contributed by atoms with Crippen LogP contribution >= 0.6 is 7.82 Å². The van der Waals surface area contributed by atoms with E-state index in [0.717, 1.165) is 19.3 Å². The fraction of sp³-hybridized carbons (Fsp3) is 0.900. The molecule has 1 unspecified atom stereocenters. The summed E-state index contributed by atoms with van der Waals surface area (Å²) in [5.74, 6) is 1.02. The molecular weight excluding hydrogens is 263 g/mol. The van der Waals surface area contributed by atoms with Crippen molar-refractivity contribution in [1.29, 1.82) is 0 Å². The molecule has 18 heavy (non-hydrogen) atoms. The van der Waals surface area contributed by atoms with E-state index in [0.29, 0.717) is 11.8 Å². The second kappa shape index (κ2) is 5.57. The van der Waals surface area contributed by atoms with E-state index in [1.807, 2.05) is 0 Å². The first kappa shape index (κ1) is 13.8. The lowest BCUT2D eigenvalue weighted by atomic mass is 9.69. The van der Waals surface area contributed by atoms with Crippen molar-refractivity contribution in [3.8, 4) is 0 Å². The van der Waals surface area contributed by atoms with Gasteiger partial charge in [0.25, 0.3) is 0 Å². The molecule has 7 nitrogen and oxygen atoms in total. The monoisotopic (exact) mass is 280 g/mol. The number of hydrogen-bond donors (Lipinski definition) is 2. The molecule has 0 amide bonds. The van der Waals surface area contributed by atoms with Crippen LogP contribution in [0.2, 0.25) is 0 Å². The summed E-state index contributed by atoms with van der Waals surface area (Å²) in [6.45, 7) is -0.802. The number of hydrogen-bond acceptors (Lipinski definition) is 5. The molecule has 3 aliphatic carbocycles. The molecule has 0 aromatic heterocycles. The molecule has 0 heterocycles. The largest absolute Gasteiger partial charge is 0.510 e. The predicted octanol–water partition coefficient (Wildman–Crippen LogP) is 1.79. The average molecular weight is 280 g/mol. The molecule has 2 bridgehead atoms. The van der Waals surface area contributed by atoms with Crippen molar-refractivity contribution in [2.75, 3.05) is 6.79 Å². The van der Waals surface area contributed by atoms with E-state index >= 15 is 0 Å². The Bertz CT molecular complexity index is 344. The minimum absolute atomic E-state index is 0.125. The van der Waals surface area contributed by atoms with Crippen LogP contribution in [0.15, 0.2) is 0 Å². The first-order valence-electron chi connectivity index (χ1n) is 5.97. The smallest absolute Gasteiger partial charge is 0.431 e. The van der Waals surface area contributed by atoms with Crippen LogP contribution < -0.4 is 0 Å². The van der Waals surface area contributed by atoms with Crippen LogP contribution in [0.3, 0.4) is 0 Å². The van der Waals surface area contributed by atoms with Gasteiger partial charge >= 0.3 is 14.0 Å². The Hall–Kier alpha value is -0.620. The number of phosphoric ester groups is 1. The summed E-state index contributed by atoms with van der Waals surface area (Å²) in [7, 11) is -4.61. The zero-order valence-electron chi connectivity index (χ0n) is 9.86. The van der Waals surface area contributed by atoms with E-state index in [1.54, 1.807) is 0 Å². The Kier molecular flexibility index (Phi) is 4.27. The molecular formula is C10H17O7P. The van der Waals surface area contributed by atoms with Gasteiger partial charge in [-0.15, -0.1) is 0 Å². The third-order valence-corrected chi connectivity index (χ3v) is 4.07. The van der Waals surface area contributed by atoms with Gasteiger partial charge in [-0.1, -0.05) is 0 Å². The van der Waals surface area contributed by atoms with Crippen molar-refractivity contribution in [3.05, 3.63) is 0 Å². The third-order valence-electron chi connectivity index (χ3n) is 3.63. The van der Waals surface area contributed by atoms with Crippen LogP contribution in [0.5, 0.6) is 0 Å². The minimum atomic E-state index is -4.61. The number of phosphoric acid groups is 1. The highest BCUT2D eigenvalue weighted by Gasteiger charge is 2.38. The number of carbonyl (C=O) groups is 1. The summed E-state index contributed by atoms with van der Waals surface area (Å²) in [5, 5.41) is 0. The highest BCUT2D eigenvalue weighted by molar-refractivity contribution is 7.46. The molecule has 8 heteroatoms. The van der Waals surface area contributed by atoms with Crippen LogP contribution in [0.4, 0.5) is 4.79 Å². The lowest BCUT2D eigenvalue weighted by molar-refractivity contribution is -0.0635. The summed E-state index contributed by atoms with van der Waals surface area (Å²) >= 11 is 0. The van der Waals surface area contributed by atoms with E-state index in [2.05, 4.69) is 9.26 Å². The Morgan fingerprint density at radius 1 is 1.22 bits per heavy atom. The van der Waals surface area contributed by atoms with Gasteiger partial charge in [-0.2, -0.15) is 0 Å². The van der Waals surface area contributed by atoms with E-state index in [1.165, 1.54) is 12.8 Å². The Morgan fingerprint density at radius 2 is 1.89 bits per heavy atom. The zero-order valence-corrected chi connectivity index (χ0v) is 10.8. The van der Waals surface area contributed by atoms with Crippen LogP contribution in [-0.4, -0.2) is 28.8 Å². The molecule has 0 saturated heterocycles. The topological polar surface area (TPSA) is 102 Å². The van der Waals surface area contributed by atoms with Crippen LogP contribution in [0.1, 0.15) is 32.1 Å². The lowest BCUT2D eigenvalue weighted by Gasteiger charge is -2.41. The molecule has 3 fully saturated rings. The van der Waals surface area contributed by atoms with Crippen LogP contribution in [0.25, 0.3) is 0 Å². The predicted molar refractivity (Wildman–Crippen MR) is 59.4 cm³/mol. The van der Waals surface area contributed by atoms with Crippen LogP contribution in [0, 0.1) is 11.8 Å². The summed E-state index contributed by atoms with van der Waals surface area (Å²) < 4.78 is 23.9. The Balaban J connectivity index is 1.70. The van der Waals surface area contributed by atoms with Gasteiger partial charge in [0.05, 0.1) is 0 Å². The molecule has 3 rings (SSSR count). The van der Waals surface area contributed by atoms with Gasteiger partial charge in [-0.3, -0.25) is 0 Å². The molecule has 0 aromatic rings. The second-order valence-electron chi connectivity index (χ2n) is 4.80. The van der Waals surface area contributed by atoms with Gasteiger partial charge in [-0.25, -0.2) is 13.9 Å². The summed E-state index contributed by atoms with van der Waals surface area (Å²) in [6, 6.07) is 0. The number of fused-ring (bicyclic) bond motifs is 3. The quantitative estimate of drug-likeness (QED) is 0.459. The SMILES string of the molecule is O=C(OCOP(=O)(O)O)OC1CC2CCC1CC2. The Morgan fingerprint density at radius 3 is 2.39 bits per heavy atom. The highest BCUT2D eigenvalue weighted by Crippen LogP contribution is 2.42. The number of rotatable bonds is 4. The van der Waals surface area contributed by atoms with Crippen molar-refractivity contribution in [3.63, 3.8) is 0 Å². The van der Waals surface area contributed by atoms with E-state index in [9.17, 15) is 9.36 Å². The van der Waals surface area contributed by atoms with E-state index in [4.69, 9.17) is 14.5 Å². The molecule has 0 aliphatic heterocycles. The average Bonchev–Trinajstić information content (AvgIpc) is 2.28. The third kappa shape index (κ3) is 3.95. The first-order chi connectivity index (χ1) is 8.44. The first-order valence-corrected chi connectivity index (χ1v) is 7.50. The van der Waals surface area contributed by atoms with Gasteiger partial charge in [0, 0.05) is 0 Å². The molecule has 0 radical (unpaired) electrons. The minimum Gasteiger partial charge on any atom is -0.431 e. The fourth-order valence-electron chi connectivity index (χ4n) is 2.76. The normalized spacial score (nSPS) is 31.1. The van der Waals surface area contributed by atoms with Crippen molar-refractivity contribution in [2.24, 2.45) is 11.8 Å². The van der Waals surface area contributed by atoms with Crippen molar-refractivity contribution < 1.29 is 33.1 Å².